The zero-order valence-corrected chi connectivity index (χ0v) is 11.7. The number of hydrogen-bond donors (Lipinski definition) is 1. The maximum absolute atomic E-state index is 10.7. The largest absolute Gasteiger partial charge is 0.445 e. The highest BCUT2D eigenvalue weighted by atomic mass is 16.5. The molecule has 0 unspecified atom stereocenters. The molecule has 2 atom stereocenters. The van der Waals surface area contributed by atoms with E-state index < -0.39 is 18.2 Å². The van der Waals surface area contributed by atoms with Crippen LogP contribution in [0, 0.1) is 23.7 Å². The van der Waals surface area contributed by atoms with Crippen LogP contribution in [-0.4, -0.2) is 23.3 Å². The fourth-order valence-corrected chi connectivity index (χ4v) is 1.38. The van der Waals surface area contributed by atoms with Gasteiger partial charge in [-0.15, -0.1) is 0 Å². The Morgan fingerprint density at radius 1 is 1.32 bits per heavy atom. The van der Waals surface area contributed by atoms with Gasteiger partial charge in [-0.2, -0.15) is 0 Å². The van der Waals surface area contributed by atoms with Crippen molar-refractivity contribution in [1.82, 2.24) is 0 Å². The minimum absolute atomic E-state index is 0.414. The van der Waals surface area contributed by atoms with Gasteiger partial charge in [0.2, 0.25) is 0 Å². The van der Waals surface area contributed by atoms with Gasteiger partial charge in [-0.05, 0) is 36.7 Å². The second-order valence-electron chi connectivity index (χ2n) is 4.17. The zero-order chi connectivity index (χ0) is 14.5. The number of aliphatic hydroxyl groups is 1. The molecule has 0 aromatic carbocycles. The first-order valence-corrected chi connectivity index (χ1v) is 6.59. The second-order valence-corrected chi connectivity index (χ2v) is 4.17. The van der Waals surface area contributed by atoms with Crippen LogP contribution in [0.1, 0.15) is 46.0 Å². The molecule has 0 aromatic heterocycles. The highest BCUT2D eigenvalue weighted by Crippen LogP contribution is 2.04. The lowest BCUT2D eigenvalue weighted by molar-refractivity contribution is -0.142. The molecule has 1 N–H and O–H groups in total. The van der Waals surface area contributed by atoms with Gasteiger partial charge < -0.3 is 9.84 Å². The van der Waals surface area contributed by atoms with Crippen molar-refractivity contribution >= 4 is 5.97 Å². The maximum atomic E-state index is 10.7. The van der Waals surface area contributed by atoms with Crippen LogP contribution >= 0.6 is 0 Å². The van der Waals surface area contributed by atoms with E-state index in [0.717, 1.165) is 12.8 Å². The third-order valence-corrected chi connectivity index (χ3v) is 2.35. The molecule has 104 valence electrons. The predicted molar refractivity (Wildman–Crippen MR) is 76.1 cm³/mol. The standard InChI is InChI=1S/C16H22O3/c1-4-6-7-8-11-15(18)12-9-10-13-16(5-2)19-14(3)17/h5,15-16,18H,2,4,6-8,11H2,1,3H3/t15-,16+/m1/s1. The Labute approximate surface area is 116 Å². The number of esters is 1. The molecule has 0 spiro atoms. The zero-order valence-electron chi connectivity index (χ0n) is 11.7. The summed E-state index contributed by atoms with van der Waals surface area (Å²) >= 11 is 0. The molecule has 0 aromatic rings. The van der Waals surface area contributed by atoms with Gasteiger partial charge in [0.05, 0.1) is 0 Å². The van der Waals surface area contributed by atoms with E-state index >= 15 is 0 Å². The Bertz CT molecular complexity index is 390. The first-order valence-electron chi connectivity index (χ1n) is 6.59. The molecule has 0 radical (unpaired) electrons. The van der Waals surface area contributed by atoms with Crippen molar-refractivity contribution in [2.24, 2.45) is 0 Å². The van der Waals surface area contributed by atoms with E-state index in [9.17, 15) is 9.90 Å². The summed E-state index contributed by atoms with van der Waals surface area (Å²) in [4.78, 5) is 10.7. The SMILES string of the molecule is C=C[C@@H](C#CC#C[C@H](O)CCCCCC)OC(C)=O. The number of rotatable bonds is 7. The molecular weight excluding hydrogens is 240 g/mol. The summed E-state index contributed by atoms with van der Waals surface area (Å²) in [6, 6.07) is 0. The van der Waals surface area contributed by atoms with Gasteiger partial charge in [-0.3, -0.25) is 4.79 Å². The Balaban J connectivity index is 4.07. The number of aliphatic hydroxyl groups excluding tert-OH is 1. The van der Waals surface area contributed by atoms with Crippen LogP contribution in [0.15, 0.2) is 12.7 Å². The van der Waals surface area contributed by atoms with Crippen molar-refractivity contribution in [1.29, 1.82) is 0 Å². The third-order valence-electron chi connectivity index (χ3n) is 2.35. The van der Waals surface area contributed by atoms with E-state index in [-0.39, 0.29) is 0 Å². The van der Waals surface area contributed by atoms with E-state index in [4.69, 9.17) is 4.74 Å². The van der Waals surface area contributed by atoms with Gasteiger partial charge in [-0.25, -0.2) is 0 Å². The number of unbranched alkanes of at least 4 members (excludes halogenated alkanes) is 3. The maximum Gasteiger partial charge on any atom is 0.304 e. The van der Waals surface area contributed by atoms with Gasteiger partial charge in [0.15, 0.2) is 6.10 Å². The fourth-order valence-electron chi connectivity index (χ4n) is 1.38. The van der Waals surface area contributed by atoms with Crippen molar-refractivity contribution < 1.29 is 14.6 Å². The third kappa shape index (κ3) is 11.1. The summed E-state index contributed by atoms with van der Waals surface area (Å²) in [6.07, 6.45) is 5.26. The van der Waals surface area contributed by atoms with Crippen LogP contribution in [0.4, 0.5) is 0 Å². The molecule has 0 fully saturated rings. The summed E-state index contributed by atoms with van der Waals surface area (Å²) in [5.74, 6) is 9.99. The topological polar surface area (TPSA) is 46.5 Å². The monoisotopic (exact) mass is 262 g/mol. The highest BCUT2D eigenvalue weighted by molar-refractivity contribution is 5.66. The highest BCUT2D eigenvalue weighted by Gasteiger charge is 2.01. The van der Waals surface area contributed by atoms with Gasteiger partial charge in [0.25, 0.3) is 0 Å². The van der Waals surface area contributed by atoms with E-state index in [1.807, 2.05) is 0 Å². The number of carbonyl (C=O) groups is 1. The van der Waals surface area contributed by atoms with Crippen LogP contribution < -0.4 is 0 Å². The van der Waals surface area contributed by atoms with Gasteiger partial charge in [0, 0.05) is 6.92 Å². The first-order chi connectivity index (χ1) is 9.10. The molecule has 0 aliphatic heterocycles. The Morgan fingerprint density at radius 3 is 2.58 bits per heavy atom. The molecule has 3 nitrogen and oxygen atoms in total. The average molecular weight is 262 g/mol. The molecule has 0 amide bonds. The molecule has 0 bridgehead atoms. The molecule has 3 heteroatoms. The van der Waals surface area contributed by atoms with Crippen molar-refractivity contribution in [3.05, 3.63) is 12.7 Å². The molecule has 19 heavy (non-hydrogen) atoms. The quantitative estimate of drug-likeness (QED) is 0.332. The van der Waals surface area contributed by atoms with Crippen LogP contribution in [0.3, 0.4) is 0 Å². The van der Waals surface area contributed by atoms with E-state index in [0.29, 0.717) is 6.42 Å². The summed E-state index contributed by atoms with van der Waals surface area (Å²) in [6.45, 7) is 6.96. The smallest absolute Gasteiger partial charge is 0.304 e. The lowest BCUT2D eigenvalue weighted by Crippen LogP contribution is -2.10. The van der Waals surface area contributed by atoms with E-state index in [2.05, 4.69) is 37.2 Å². The van der Waals surface area contributed by atoms with Gasteiger partial charge >= 0.3 is 5.97 Å². The summed E-state index contributed by atoms with van der Waals surface area (Å²) in [7, 11) is 0. The molecule has 0 saturated heterocycles. The molecule has 0 rings (SSSR count). The average Bonchev–Trinajstić information content (AvgIpc) is 2.37. The normalized spacial score (nSPS) is 12.2. The molecule has 0 heterocycles. The minimum Gasteiger partial charge on any atom is -0.445 e. The number of hydrogen-bond acceptors (Lipinski definition) is 3. The minimum atomic E-state index is -0.645. The van der Waals surface area contributed by atoms with Crippen LogP contribution in [0.2, 0.25) is 0 Å². The van der Waals surface area contributed by atoms with Crippen LogP contribution in [-0.2, 0) is 9.53 Å². The summed E-state index contributed by atoms with van der Waals surface area (Å²) < 4.78 is 4.84. The van der Waals surface area contributed by atoms with Gasteiger partial charge in [-0.1, -0.05) is 38.7 Å². The number of ether oxygens (including phenoxy) is 1. The first kappa shape index (κ1) is 17.3. The lowest BCUT2D eigenvalue weighted by Gasteiger charge is -2.03. The van der Waals surface area contributed by atoms with E-state index in [1.54, 1.807) is 0 Å². The summed E-state index contributed by atoms with van der Waals surface area (Å²) in [5, 5.41) is 9.57. The Kier molecular flexibility index (Phi) is 10.4. The lowest BCUT2D eigenvalue weighted by atomic mass is 10.1. The summed E-state index contributed by atoms with van der Waals surface area (Å²) in [5.41, 5.74) is 0. The second kappa shape index (κ2) is 11.4. The molecule has 0 aliphatic carbocycles. The predicted octanol–water partition coefficient (Wildman–Crippen LogP) is 2.44. The van der Waals surface area contributed by atoms with Crippen molar-refractivity contribution in [3.8, 4) is 23.7 Å². The van der Waals surface area contributed by atoms with Crippen molar-refractivity contribution in [2.45, 2.75) is 58.2 Å². The van der Waals surface area contributed by atoms with Crippen LogP contribution in [0.25, 0.3) is 0 Å². The molecule has 0 aliphatic rings. The fraction of sp³-hybridized carbons (Fsp3) is 0.562. The molecule has 0 saturated carbocycles. The Hall–Kier alpha value is -1.71. The van der Waals surface area contributed by atoms with Gasteiger partial charge in [0.1, 0.15) is 6.10 Å². The Morgan fingerprint density at radius 2 is 2.00 bits per heavy atom. The number of carbonyl (C=O) groups excluding carboxylic acids is 1. The van der Waals surface area contributed by atoms with Crippen molar-refractivity contribution in [3.63, 3.8) is 0 Å². The molecular formula is C16H22O3. The van der Waals surface area contributed by atoms with E-state index in [1.165, 1.54) is 25.8 Å². The van der Waals surface area contributed by atoms with Crippen molar-refractivity contribution in [2.75, 3.05) is 0 Å². The van der Waals surface area contributed by atoms with Crippen LogP contribution in [0.5, 0.6) is 0 Å².